The van der Waals surface area contributed by atoms with Gasteiger partial charge < -0.3 is 10.4 Å². The Morgan fingerprint density at radius 2 is 1.94 bits per heavy atom. The monoisotopic (exact) mass is 226 g/mol. The number of hydrogen-bond acceptors (Lipinski definition) is 2. The fourth-order valence-corrected chi connectivity index (χ4v) is 0.902. The van der Waals surface area contributed by atoms with Crippen LogP contribution < -0.4 is 5.32 Å². The molecule has 0 amide bonds. The Kier molecular flexibility index (Phi) is 15.0. The van der Waals surface area contributed by atoms with Gasteiger partial charge in [0.15, 0.2) is 0 Å². The lowest BCUT2D eigenvalue weighted by atomic mass is 10.2. The highest BCUT2D eigenvalue weighted by Crippen LogP contribution is 1.99. The standard InChI is InChI=1S/C11H20N2.C2H6O/c1-5-10(3)8-7-9-11(12-4)13-6-2;1-2-3/h7-8H,3,5-6,9H2,1-2,4H3,(H,12,13);3H,2H2,1H3/b8-7-;. The second-order valence-electron chi connectivity index (χ2n) is 3.14. The number of hydrogen-bond donors (Lipinski definition) is 2. The molecular weight excluding hydrogens is 200 g/mol. The lowest BCUT2D eigenvalue weighted by molar-refractivity contribution is 0.318. The van der Waals surface area contributed by atoms with Crippen molar-refractivity contribution < 1.29 is 5.11 Å². The predicted octanol–water partition coefficient (Wildman–Crippen LogP) is 2.54. The molecule has 16 heavy (non-hydrogen) atoms. The van der Waals surface area contributed by atoms with E-state index in [0.29, 0.717) is 0 Å². The summed E-state index contributed by atoms with van der Waals surface area (Å²) in [6.45, 7) is 10.9. The number of rotatable bonds is 5. The van der Waals surface area contributed by atoms with E-state index in [1.807, 2.05) is 0 Å². The average Bonchev–Trinajstić information content (AvgIpc) is 2.28. The fraction of sp³-hybridized carbons (Fsp3) is 0.615. The van der Waals surface area contributed by atoms with Crippen molar-refractivity contribution in [1.29, 1.82) is 0 Å². The molecule has 0 saturated heterocycles. The Bertz CT molecular complexity index is 220. The van der Waals surface area contributed by atoms with Crippen LogP contribution in [0.5, 0.6) is 0 Å². The van der Waals surface area contributed by atoms with Gasteiger partial charge in [0.2, 0.25) is 0 Å². The Balaban J connectivity index is 0. The zero-order chi connectivity index (χ0) is 12.8. The Morgan fingerprint density at radius 1 is 1.38 bits per heavy atom. The first-order valence-corrected chi connectivity index (χ1v) is 5.80. The van der Waals surface area contributed by atoms with Gasteiger partial charge in [-0.1, -0.05) is 31.2 Å². The van der Waals surface area contributed by atoms with Crippen LogP contribution in [0.3, 0.4) is 0 Å². The molecule has 0 fully saturated rings. The molecule has 0 radical (unpaired) electrons. The van der Waals surface area contributed by atoms with Crippen molar-refractivity contribution in [3.63, 3.8) is 0 Å². The first-order valence-electron chi connectivity index (χ1n) is 5.80. The summed E-state index contributed by atoms with van der Waals surface area (Å²) in [7, 11) is 1.81. The van der Waals surface area contributed by atoms with Gasteiger partial charge in [0.25, 0.3) is 0 Å². The smallest absolute Gasteiger partial charge is 0.0997 e. The highest BCUT2D eigenvalue weighted by Gasteiger charge is 1.90. The van der Waals surface area contributed by atoms with Gasteiger partial charge in [-0.2, -0.15) is 0 Å². The first kappa shape index (κ1) is 17.3. The third kappa shape index (κ3) is 12.9. The zero-order valence-corrected chi connectivity index (χ0v) is 11.1. The van der Waals surface area contributed by atoms with Crippen molar-refractivity contribution >= 4 is 5.84 Å². The van der Waals surface area contributed by atoms with Gasteiger partial charge in [-0.15, -0.1) is 0 Å². The van der Waals surface area contributed by atoms with E-state index in [1.165, 1.54) is 0 Å². The van der Waals surface area contributed by atoms with Gasteiger partial charge in [-0.3, -0.25) is 4.99 Å². The minimum atomic E-state index is 0.250. The molecule has 0 spiro atoms. The molecule has 0 aliphatic heterocycles. The van der Waals surface area contributed by atoms with Crippen LogP contribution in [0.1, 0.15) is 33.6 Å². The van der Waals surface area contributed by atoms with Crippen LogP contribution in [0.4, 0.5) is 0 Å². The summed E-state index contributed by atoms with van der Waals surface area (Å²) in [4.78, 5) is 4.13. The number of aliphatic hydroxyl groups excluding tert-OH is 1. The summed E-state index contributed by atoms with van der Waals surface area (Å²) in [5.74, 6) is 1.03. The summed E-state index contributed by atoms with van der Waals surface area (Å²) in [6, 6.07) is 0. The molecular formula is C13H26N2O. The maximum atomic E-state index is 7.57. The second kappa shape index (κ2) is 13.9. The fourth-order valence-electron chi connectivity index (χ4n) is 0.902. The van der Waals surface area contributed by atoms with E-state index in [9.17, 15) is 0 Å². The van der Waals surface area contributed by atoms with E-state index in [2.05, 4.69) is 42.9 Å². The molecule has 0 unspecified atom stereocenters. The molecule has 0 atom stereocenters. The molecule has 2 N–H and O–H groups in total. The van der Waals surface area contributed by atoms with Crippen LogP contribution in [-0.4, -0.2) is 31.1 Å². The SMILES string of the molecule is C=C(/C=C\CC(=NC)NCC)CC.CCO. The van der Waals surface area contributed by atoms with E-state index in [4.69, 9.17) is 5.11 Å². The molecule has 0 aromatic carbocycles. The molecule has 0 saturated carbocycles. The van der Waals surface area contributed by atoms with Crippen LogP contribution in [0.15, 0.2) is 29.3 Å². The predicted molar refractivity (Wildman–Crippen MR) is 73.0 cm³/mol. The van der Waals surface area contributed by atoms with Crippen molar-refractivity contribution in [2.45, 2.75) is 33.6 Å². The highest BCUT2D eigenvalue weighted by atomic mass is 16.2. The summed E-state index contributed by atoms with van der Waals surface area (Å²) in [5, 5.41) is 10.8. The van der Waals surface area contributed by atoms with Crippen molar-refractivity contribution in [3.05, 3.63) is 24.3 Å². The van der Waals surface area contributed by atoms with Crippen LogP contribution in [0.2, 0.25) is 0 Å². The molecule has 0 rings (SSSR count). The largest absolute Gasteiger partial charge is 0.397 e. The van der Waals surface area contributed by atoms with E-state index in [1.54, 1.807) is 14.0 Å². The number of allylic oxidation sites excluding steroid dienone is 2. The van der Waals surface area contributed by atoms with Crippen LogP contribution >= 0.6 is 0 Å². The van der Waals surface area contributed by atoms with Gasteiger partial charge in [-0.25, -0.2) is 0 Å². The summed E-state index contributed by atoms with van der Waals surface area (Å²) in [5.41, 5.74) is 1.16. The number of aliphatic imine (C=N–C) groups is 1. The highest BCUT2D eigenvalue weighted by molar-refractivity contribution is 5.83. The Hall–Kier alpha value is -1.09. The second-order valence-corrected chi connectivity index (χ2v) is 3.14. The lowest BCUT2D eigenvalue weighted by Gasteiger charge is -2.03. The van der Waals surface area contributed by atoms with Crippen LogP contribution in [0, 0.1) is 0 Å². The maximum absolute atomic E-state index is 7.57. The van der Waals surface area contributed by atoms with E-state index < -0.39 is 0 Å². The van der Waals surface area contributed by atoms with Crippen molar-refractivity contribution in [1.82, 2.24) is 5.32 Å². The lowest BCUT2D eigenvalue weighted by Crippen LogP contribution is -2.21. The Labute approximate surface area is 100.0 Å². The molecule has 94 valence electrons. The first-order chi connectivity index (χ1) is 7.65. The molecule has 0 bridgehead atoms. The molecule has 0 aliphatic carbocycles. The molecule has 0 heterocycles. The molecule has 0 aromatic heterocycles. The topological polar surface area (TPSA) is 44.6 Å². The third-order valence-electron chi connectivity index (χ3n) is 1.77. The van der Waals surface area contributed by atoms with E-state index in [-0.39, 0.29) is 6.61 Å². The quantitative estimate of drug-likeness (QED) is 0.430. The minimum absolute atomic E-state index is 0.250. The minimum Gasteiger partial charge on any atom is -0.397 e. The Morgan fingerprint density at radius 3 is 2.31 bits per heavy atom. The van der Waals surface area contributed by atoms with Crippen LogP contribution in [-0.2, 0) is 0 Å². The van der Waals surface area contributed by atoms with Crippen molar-refractivity contribution in [2.24, 2.45) is 4.99 Å². The van der Waals surface area contributed by atoms with Gasteiger partial charge in [0.05, 0.1) is 5.84 Å². The summed E-state index contributed by atoms with van der Waals surface area (Å²) >= 11 is 0. The zero-order valence-electron chi connectivity index (χ0n) is 11.1. The van der Waals surface area contributed by atoms with E-state index >= 15 is 0 Å². The normalized spacial score (nSPS) is 10.9. The van der Waals surface area contributed by atoms with Crippen molar-refractivity contribution in [2.75, 3.05) is 20.2 Å². The molecule has 0 aromatic rings. The third-order valence-corrected chi connectivity index (χ3v) is 1.77. The molecule has 0 aliphatic rings. The van der Waals surface area contributed by atoms with Gasteiger partial charge >= 0.3 is 0 Å². The van der Waals surface area contributed by atoms with Gasteiger partial charge in [0.1, 0.15) is 0 Å². The average molecular weight is 226 g/mol. The summed E-state index contributed by atoms with van der Waals surface area (Å²) in [6.07, 6.45) is 6.03. The number of amidine groups is 1. The number of aliphatic hydroxyl groups is 1. The maximum Gasteiger partial charge on any atom is 0.0997 e. The number of nitrogens with one attached hydrogen (secondary N) is 1. The number of nitrogens with zero attached hydrogens (tertiary/aromatic N) is 1. The molecule has 3 nitrogen and oxygen atoms in total. The van der Waals surface area contributed by atoms with Crippen molar-refractivity contribution in [3.8, 4) is 0 Å². The van der Waals surface area contributed by atoms with Gasteiger partial charge in [0, 0.05) is 26.6 Å². The van der Waals surface area contributed by atoms with E-state index in [0.717, 1.165) is 30.8 Å². The summed E-state index contributed by atoms with van der Waals surface area (Å²) < 4.78 is 0. The van der Waals surface area contributed by atoms with Crippen LogP contribution in [0.25, 0.3) is 0 Å². The molecule has 3 heteroatoms. The van der Waals surface area contributed by atoms with Gasteiger partial charge in [-0.05, 0) is 20.3 Å².